The molecule has 4 aliphatic rings. The van der Waals surface area contributed by atoms with Crippen LogP contribution in [0.5, 0.6) is 0 Å². The summed E-state index contributed by atoms with van der Waals surface area (Å²) in [5, 5.41) is 10.0. The normalized spacial score (nSPS) is 37.0. The van der Waals surface area contributed by atoms with Crippen molar-refractivity contribution in [1.82, 2.24) is 9.88 Å². The molecule has 8 nitrogen and oxygen atoms in total. The Bertz CT molecular complexity index is 1100. The Morgan fingerprint density at radius 3 is 2.69 bits per heavy atom. The van der Waals surface area contributed by atoms with Gasteiger partial charge in [0.05, 0.1) is 33.9 Å². The van der Waals surface area contributed by atoms with E-state index in [2.05, 4.69) is 4.98 Å². The number of furan rings is 1. The summed E-state index contributed by atoms with van der Waals surface area (Å²) in [4.78, 5) is 53.8. The van der Waals surface area contributed by atoms with E-state index in [0.29, 0.717) is 0 Å². The smallest absolute Gasteiger partial charge is 0.323 e. The molecule has 29 heavy (non-hydrogen) atoms. The van der Waals surface area contributed by atoms with E-state index in [0.717, 1.165) is 27.0 Å². The fourth-order valence-corrected chi connectivity index (χ4v) is 9.03. The first-order chi connectivity index (χ1) is 14.0. The third-order valence-electron chi connectivity index (χ3n) is 6.96. The van der Waals surface area contributed by atoms with E-state index in [-0.39, 0.29) is 45.6 Å². The van der Waals surface area contributed by atoms with Crippen molar-refractivity contribution in [3.05, 3.63) is 38.7 Å². The number of thiazole rings is 1. The number of amides is 2. The van der Waals surface area contributed by atoms with E-state index in [4.69, 9.17) is 9.52 Å². The predicted octanol–water partition coefficient (Wildman–Crippen LogP) is 1.59. The highest BCUT2D eigenvalue weighted by molar-refractivity contribution is 8.00. The number of rotatable bonds is 3. The zero-order chi connectivity index (χ0) is 20.0. The van der Waals surface area contributed by atoms with E-state index in [1.807, 2.05) is 12.1 Å². The molecule has 2 aliphatic carbocycles. The van der Waals surface area contributed by atoms with Gasteiger partial charge in [0.1, 0.15) is 12.3 Å². The van der Waals surface area contributed by atoms with E-state index >= 15 is 0 Å². The van der Waals surface area contributed by atoms with Gasteiger partial charge in [-0.15, -0.1) is 11.8 Å². The van der Waals surface area contributed by atoms with Crippen LogP contribution in [0, 0.1) is 29.6 Å². The van der Waals surface area contributed by atoms with Gasteiger partial charge >= 0.3 is 10.8 Å². The van der Waals surface area contributed by atoms with E-state index in [9.17, 15) is 19.2 Å². The Kier molecular flexibility index (Phi) is 3.54. The van der Waals surface area contributed by atoms with Gasteiger partial charge in [0.2, 0.25) is 11.8 Å². The highest BCUT2D eigenvalue weighted by Gasteiger charge is 2.69. The fraction of sp³-hybridized carbons (Fsp3) is 0.474. The van der Waals surface area contributed by atoms with Crippen LogP contribution in [0.25, 0.3) is 0 Å². The van der Waals surface area contributed by atoms with Crippen LogP contribution in [-0.4, -0.2) is 44.6 Å². The molecule has 0 radical (unpaired) electrons. The number of likely N-dealkylation sites (tertiary alicyclic amines) is 1. The van der Waals surface area contributed by atoms with Gasteiger partial charge in [-0.2, -0.15) is 0 Å². The van der Waals surface area contributed by atoms with Crippen LogP contribution < -0.4 is 4.87 Å². The number of fused-ring (bicyclic) bond motifs is 9. The second-order valence-corrected chi connectivity index (χ2v) is 10.3. The van der Waals surface area contributed by atoms with Crippen molar-refractivity contribution in [2.24, 2.45) is 29.6 Å². The van der Waals surface area contributed by atoms with E-state index in [1.54, 1.807) is 18.0 Å². The van der Waals surface area contributed by atoms with Crippen molar-refractivity contribution >= 4 is 40.9 Å². The van der Waals surface area contributed by atoms with Gasteiger partial charge in [-0.05, 0) is 36.3 Å². The molecule has 10 heteroatoms. The lowest BCUT2D eigenvalue weighted by Crippen LogP contribution is -2.42. The maximum absolute atomic E-state index is 13.0. The molecule has 150 valence electrons. The molecule has 2 aliphatic heterocycles. The molecule has 7 atom stereocenters. The third-order valence-corrected chi connectivity index (χ3v) is 9.55. The maximum atomic E-state index is 13.0. The van der Waals surface area contributed by atoms with Gasteiger partial charge < -0.3 is 14.5 Å². The number of hydrogen-bond acceptors (Lipinski definition) is 7. The summed E-state index contributed by atoms with van der Waals surface area (Å²) in [6, 6.07) is 3.71. The summed E-state index contributed by atoms with van der Waals surface area (Å²) in [5.41, 5.74) is 0. The number of carboxylic acid groups (broad SMARTS) is 1. The molecule has 2 N–H and O–H groups in total. The lowest BCUT2D eigenvalue weighted by atomic mass is 9.69. The molecule has 1 saturated heterocycles. The highest BCUT2D eigenvalue weighted by atomic mass is 32.2. The summed E-state index contributed by atoms with van der Waals surface area (Å²) in [6.45, 7) is -0.575. The van der Waals surface area contributed by atoms with Crippen molar-refractivity contribution in [2.45, 2.75) is 22.6 Å². The van der Waals surface area contributed by atoms with Crippen LogP contribution in [-0.2, 0) is 14.4 Å². The fourth-order valence-electron chi connectivity index (χ4n) is 6.16. The summed E-state index contributed by atoms with van der Waals surface area (Å²) < 4.78 is 5.73. The average Bonchev–Trinajstić information content (AvgIpc) is 3.45. The van der Waals surface area contributed by atoms with Crippen LogP contribution in [0.4, 0.5) is 0 Å². The largest absolute Gasteiger partial charge is 0.480 e. The Labute approximate surface area is 172 Å². The highest BCUT2D eigenvalue weighted by Crippen LogP contribution is 2.68. The Morgan fingerprint density at radius 2 is 2.00 bits per heavy atom. The Balaban J connectivity index is 1.45. The Morgan fingerprint density at radius 1 is 1.24 bits per heavy atom. The zero-order valence-corrected chi connectivity index (χ0v) is 16.6. The predicted molar refractivity (Wildman–Crippen MR) is 102 cm³/mol. The molecule has 2 bridgehead atoms. The minimum Gasteiger partial charge on any atom is -0.480 e. The molecule has 4 heterocycles. The molecule has 2 saturated carbocycles. The summed E-state index contributed by atoms with van der Waals surface area (Å²) in [7, 11) is 0. The average molecular weight is 432 g/mol. The standard InChI is InChI=1S/C19H16N2O6S2/c22-9(23)5-21-17(24)11-6-4-7(12(11)18(21)25)14-10(6)13(8-2-1-3-27-8)15-16(28-14)20-19(26)29-15/h1-3,6-7,10-14H,4-5H2,(H,20,26)(H,22,23)/t6-,7-,10+,11+,12-,13-,14-/m1/s1. The molecule has 0 spiro atoms. The zero-order valence-electron chi connectivity index (χ0n) is 14.9. The number of thioether (sulfide) groups is 1. The third kappa shape index (κ3) is 2.21. The molecular weight excluding hydrogens is 416 g/mol. The monoisotopic (exact) mass is 432 g/mol. The minimum absolute atomic E-state index is 0.00995. The van der Waals surface area contributed by atoms with E-state index < -0.39 is 24.3 Å². The first kappa shape index (κ1) is 17.5. The van der Waals surface area contributed by atoms with Crippen molar-refractivity contribution in [2.75, 3.05) is 6.54 Å². The SMILES string of the molecule is O=C(O)CN1C(=O)[C@@H]2[C@H]3C[C@@H]([C@@H]2C1=O)[C@H]1[C@@H](c2ccco2)c2sc(=O)[nH]c2S[C@H]31. The van der Waals surface area contributed by atoms with Crippen molar-refractivity contribution in [1.29, 1.82) is 0 Å². The number of hydrogen-bond donors (Lipinski definition) is 2. The second kappa shape index (κ2) is 5.85. The topological polar surface area (TPSA) is 121 Å². The molecule has 0 aromatic carbocycles. The first-order valence-electron chi connectivity index (χ1n) is 9.45. The molecule has 3 fully saturated rings. The number of aromatic nitrogens is 1. The molecule has 2 amide bonds. The maximum Gasteiger partial charge on any atom is 0.323 e. The molecule has 0 unspecified atom stereocenters. The number of H-pyrrole nitrogens is 1. The minimum atomic E-state index is -1.18. The Hall–Kier alpha value is -2.33. The van der Waals surface area contributed by atoms with Gasteiger partial charge in [-0.3, -0.25) is 24.1 Å². The van der Waals surface area contributed by atoms with E-state index in [1.165, 1.54) is 11.3 Å². The number of carboxylic acids is 1. The quantitative estimate of drug-likeness (QED) is 0.707. The van der Waals surface area contributed by atoms with Crippen LogP contribution in [0.15, 0.2) is 32.6 Å². The molecular formula is C19H16N2O6S2. The number of imide groups is 1. The molecule has 2 aromatic rings. The van der Waals surface area contributed by atoms with Crippen LogP contribution in [0.3, 0.4) is 0 Å². The van der Waals surface area contributed by atoms with Gasteiger partial charge in [-0.1, -0.05) is 11.3 Å². The first-order valence-corrected chi connectivity index (χ1v) is 11.2. The number of nitrogens with zero attached hydrogens (tertiary/aromatic N) is 1. The number of nitrogens with one attached hydrogen (secondary N) is 1. The summed E-state index contributed by atoms with van der Waals surface area (Å²) >= 11 is 2.77. The summed E-state index contributed by atoms with van der Waals surface area (Å²) in [6.07, 6.45) is 2.38. The number of aromatic amines is 1. The van der Waals surface area contributed by atoms with Crippen LogP contribution >= 0.6 is 23.1 Å². The molecule has 2 aromatic heterocycles. The van der Waals surface area contributed by atoms with Crippen LogP contribution in [0.2, 0.25) is 0 Å². The lowest BCUT2D eigenvalue weighted by molar-refractivity contribution is -0.149. The summed E-state index contributed by atoms with van der Waals surface area (Å²) in [5.74, 6) is -2.16. The number of carbonyl (C=O) groups is 3. The van der Waals surface area contributed by atoms with Crippen molar-refractivity contribution in [3.63, 3.8) is 0 Å². The van der Waals surface area contributed by atoms with Crippen molar-refractivity contribution in [3.8, 4) is 0 Å². The lowest BCUT2D eigenvalue weighted by Gasteiger charge is -2.42. The van der Waals surface area contributed by atoms with Gasteiger partial charge in [0, 0.05) is 5.25 Å². The van der Waals surface area contributed by atoms with Crippen LogP contribution in [0.1, 0.15) is 23.0 Å². The number of aliphatic carboxylic acids is 1. The molecule has 6 rings (SSSR count). The van der Waals surface area contributed by atoms with Gasteiger partial charge in [0.25, 0.3) is 0 Å². The second-order valence-electron chi connectivity index (χ2n) is 8.13. The van der Waals surface area contributed by atoms with Gasteiger partial charge in [0.15, 0.2) is 0 Å². The van der Waals surface area contributed by atoms with Gasteiger partial charge in [-0.25, -0.2) is 0 Å². The number of carbonyl (C=O) groups excluding carboxylic acids is 2. The van der Waals surface area contributed by atoms with Crippen molar-refractivity contribution < 1.29 is 23.9 Å².